The molecular formula is C14H18O3S. The van der Waals surface area contributed by atoms with E-state index in [2.05, 4.69) is 6.92 Å². The highest BCUT2D eigenvalue weighted by molar-refractivity contribution is 7.99. The molecule has 1 aromatic rings. The Morgan fingerprint density at radius 2 is 2.17 bits per heavy atom. The topological polar surface area (TPSA) is 35.5 Å². The third kappa shape index (κ3) is 3.83. The first kappa shape index (κ1) is 13.6. The zero-order valence-electron chi connectivity index (χ0n) is 10.5. The molecule has 0 radical (unpaired) electrons. The predicted octanol–water partition coefficient (Wildman–Crippen LogP) is 2.64. The van der Waals surface area contributed by atoms with Crippen LogP contribution in [0.25, 0.3) is 0 Å². The zero-order chi connectivity index (χ0) is 12.8. The second kappa shape index (κ2) is 6.92. The molecule has 1 aliphatic heterocycles. The van der Waals surface area contributed by atoms with Crippen molar-refractivity contribution in [1.29, 1.82) is 0 Å². The van der Waals surface area contributed by atoms with Gasteiger partial charge < -0.3 is 9.47 Å². The lowest BCUT2D eigenvalue weighted by molar-refractivity contribution is -0.181. The standard InChI is InChI=1S/C14H18O3S/c1-2-18-12-8-13(15)14(17-10-12)16-9-11-6-4-3-5-7-11/h3-7,12,14H,2,8-10H2,1H3/t12-,14+/m0/s1. The molecule has 2 atom stereocenters. The Hall–Kier alpha value is -0.840. The van der Waals surface area contributed by atoms with Crippen molar-refractivity contribution >= 4 is 17.5 Å². The average Bonchev–Trinajstić information content (AvgIpc) is 2.39. The number of ketones is 1. The van der Waals surface area contributed by atoms with Gasteiger partial charge in [0.15, 0.2) is 5.78 Å². The van der Waals surface area contributed by atoms with Crippen LogP contribution >= 0.6 is 11.8 Å². The highest BCUT2D eigenvalue weighted by atomic mass is 32.2. The summed E-state index contributed by atoms with van der Waals surface area (Å²) in [7, 11) is 0. The first-order valence-corrected chi connectivity index (χ1v) is 7.26. The van der Waals surface area contributed by atoms with Crippen LogP contribution in [-0.4, -0.2) is 29.7 Å². The SMILES string of the molecule is CCS[C@@H]1CO[C@@H](OCc2ccccc2)C(=O)C1. The molecule has 1 aliphatic rings. The van der Waals surface area contributed by atoms with Crippen LogP contribution in [-0.2, 0) is 20.9 Å². The third-order valence-electron chi connectivity index (χ3n) is 2.77. The molecule has 0 amide bonds. The summed E-state index contributed by atoms with van der Waals surface area (Å²) in [6.45, 7) is 3.11. The van der Waals surface area contributed by atoms with Gasteiger partial charge in [-0.1, -0.05) is 37.3 Å². The van der Waals surface area contributed by atoms with Crippen molar-refractivity contribution in [3.8, 4) is 0 Å². The van der Waals surface area contributed by atoms with Gasteiger partial charge >= 0.3 is 0 Å². The summed E-state index contributed by atoms with van der Waals surface area (Å²) in [6.07, 6.45) is -0.128. The van der Waals surface area contributed by atoms with Gasteiger partial charge in [-0.2, -0.15) is 11.8 Å². The molecule has 0 saturated carbocycles. The molecule has 4 heteroatoms. The van der Waals surface area contributed by atoms with E-state index in [0.717, 1.165) is 11.3 Å². The summed E-state index contributed by atoms with van der Waals surface area (Å²) < 4.78 is 11.0. The van der Waals surface area contributed by atoms with Crippen molar-refractivity contribution in [3.63, 3.8) is 0 Å². The molecule has 1 heterocycles. The van der Waals surface area contributed by atoms with Crippen LogP contribution in [0.4, 0.5) is 0 Å². The van der Waals surface area contributed by atoms with E-state index in [9.17, 15) is 4.79 Å². The summed E-state index contributed by atoms with van der Waals surface area (Å²) in [4.78, 5) is 11.8. The molecule has 18 heavy (non-hydrogen) atoms. The van der Waals surface area contributed by atoms with Crippen LogP contribution in [0.1, 0.15) is 18.9 Å². The summed E-state index contributed by atoms with van der Waals surface area (Å²) >= 11 is 1.77. The maximum absolute atomic E-state index is 11.8. The van der Waals surface area contributed by atoms with Crippen LogP contribution in [0, 0.1) is 0 Å². The number of ether oxygens (including phenoxy) is 2. The lowest BCUT2D eigenvalue weighted by atomic mass is 10.2. The van der Waals surface area contributed by atoms with Crippen molar-refractivity contribution in [1.82, 2.24) is 0 Å². The Bertz CT molecular complexity index is 380. The van der Waals surface area contributed by atoms with Gasteiger partial charge in [0.05, 0.1) is 13.2 Å². The number of thioether (sulfide) groups is 1. The molecule has 0 bridgehead atoms. The zero-order valence-corrected chi connectivity index (χ0v) is 11.3. The first-order valence-electron chi connectivity index (χ1n) is 6.21. The van der Waals surface area contributed by atoms with Crippen LogP contribution in [0.2, 0.25) is 0 Å². The normalized spacial score (nSPS) is 24.2. The number of benzene rings is 1. The number of rotatable bonds is 5. The predicted molar refractivity (Wildman–Crippen MR) is 72.5 cm³/mol. The molecule has 0 spiro atoms. The summed E-state index contributed by atoms with van der Waals surface area (Å²) in [5.41, 5.74) is 1.05. The van der Waals surface area contributed by atoms with Crippen molar-refractivity contribution < 1.29 is 14.3 Å². The van der Waals surface area contributed by atoms with Gasteiger partial charge in [0.25, 0.3) is 0 Å². The number of carbonyl (C=O) groups excluding carboxylic acids is 1. The molecule has 1 saturated heterocycles. The molecule has 2 rings (SSSR count). The molecule has 3 nitrogen and oxygen atoms in total. The number of Topliss-reactive ketones (excluding diaryl/α,β-unsaturated/α-hetero) is 1. The number of carbonyl (C=O) groups is 1. The highest BCUT2D eigenvalue weighted by Gasteiger charge is 2.29. The van der Waals surface area contributed by atoms with E-state index < -0.39 is 6.29 Å². The lowest BCUT2D eigenvalue weighted by Gasteiger charge is -2.27. The molecule has 0 unspecified atom stereocenters. The van der Waals surface area contributed by atoms with E-state index in [-0.39, 0.29) is 5.78 Å². The van der Waals surface area contributed by atoms with Crippen LogP contribution in [0.5, 0.6) is 0 Å². The van der Waals surface area contributed by atoms with E-state index >= 15 is 0 Å². The Morgan fingerprint density at radius 3 is 2.83 bits per heavy atom. The van der Waals surface area contributed by atoms with Crippen LogP contribution in [0.3, 0.4) is 0 Å². The lowest BCUT2D eigenvalue weighted by Crippen LogP contribution is -2.38. The summed E-state index contributed by atoms with van der Waals surface area (Å²) in [6, 6.07) is 9.82. The minimum Gasteiger partial charge on any atom is -0.345 e. The molecular weight excluding hydrogens is 248 g/mol. The van der Waals surface area contributed by atoms with E-state index in [1.807, 2.05) is 30.3 Å². The van der Waals surface area contributed by atoms with Gasteiger partial charge in [-0.15, -0.1) is 0 Å². The van der Waals surface area contributed by atoms with Crippen molar-refractivity contribution in [2.75, 3.05) is 12.4 Å². The molecule has 98 valence electrons. The molecule has 0 aliphatic carbocycles. The van der Waals surface area contributed by atoms with Crippen LogP contribution in [0.15, 0.2) is 30.3 Å². The van der Waals surface area contributed by atoms with Gasteiger partial charge in [0.1, 0.15) is 0 Å². The van der Waals surface area contributed by atoms with Gasteiger partial charge in [-0.05, 0) is 11.3 Å². The summed E-state index contributed by atoms with van der Waals surface area (Å²) in [5, 5.41) is 0.291. The average molecular weight is 266 g/mol. The monoisotopic (exact) mass is 266 g/mol. The second-order valence-electron chi connectivity index (χ2n) is 4.21. The Labute approximate surface area is 112 Å². The Kier molecular flexibility index (Phi) is 5.23. The Balaban J connectivity index is 1.79. The maximum Gasteiger partial charge on any atom is 0.218 e. The van der Waals surface area contributed by atoms with Gasteiger partial charge in [-0.25, -0.2) is 0 Å². The van der Waals surface area contributed by atoms with Gasteiger partial charge in [-0.3, -0.25) is 4.79 Å². The quantitative estimate of drug-likeness (QED) is 0.821. The first-order chi connectivity index (χ1) is 8.79. The van der Waals surface area contributed by atoms with E-state index in [0.29, 0.717) is 24.9 Å². The molecule has 0 aromatic heterocycles. The van der Waals surface area contributed by atoms with Gasteiger partial charge in [0, 0.05) is 11.7 Å². The molecule has 0 N–H and O–H groups in total. The fourth-order valence-electron chi connectivity index (χ4n) is 1.90. The molecule has 1 fully saturated rings. The fraction of sp³-hybridized carbons (Fsp3) is 0.500. The van der Waals surface area contributed by atoms with Crippen molar-refractivity contribution in [2.24, 2.45) is 0 Å². The third-order valence-corrected chi connectivity index (χ3v) is 3.88. The fourth-order valence-corrected chi connectivity index (χ4v) is 2.83. The van der Waals surface area contributed by atoms with E-state index in [1.54, 1.807) is 11.8 Å². The second-order valence-corrected chi connectivity index (χ2v) is 5.79. The van der Waals surface area contributed by atoms with Crippen molar-refractivity contribution in [3.05, 3.63) is 35.9 Å². The van der Waals surface area contributed by atoms with E-state index in [4.69, 9.17) is 9.47 Å². The number of hydrogen-bond donors (Lipinski definition) is 0. The minimum absolute atomic E-state index is 0.0585. The smallest absolute Gasteiger partial charge is 0.218 e. The van der Waals surface area contributed by atoms with Crippen LogP contribution < -0.4 is 0 Å². The maximum atomic E-state index is 11.8. The van der Waals surface area contributed by atoms with Gasteiger partial charge in [0.2, 0.25) is 6.29 Å². The Morgan fingerprint density at radius 1 is 1.39 bits per heavy atom. The summed E-state index contributed by atoms with van der Waals surface area (Å²) in [5.74, 6) is 1.07. The largest absolute Gasteiger partial charge is 0.345 e. The van der Waals surface area contributed by atoms with E-state index in [1.165, 1.54) is 0 Å². The minimum atomic E-state index is -0.682. The number of hydrogen-bond acceptors (Lipinski definition) is 4. The molecule has 1 aromatic carbocycles. The van der Waals surface area contributed by atoms with Crippen molar-refractivity contribution in [2.45, 2.75) is 31.5 Å². The highest BCUT2D eigenvalue weighted by Crippen LogP contribution is 2.22.